The molecule has 3 amide bonds. The molecule has 0 saturated carbocycles. The van der Waals surface area contributed by atoms with Crippen LogP contribution in [0.25, 0.3) is 0 Å². The molecule has 1 saturated heterocycles. The molecule has 1 aliphatic heterocycles. The fourth-order valence-electron chi connectivity index (χ4n) is 3.20. The monoisotopic (exact) mass is 457 g/mol. The van der Waals surface area contributed by atoms with Crippen molar-refractivity contribution in [1.82, 2.24) is 14.9 Å². The van der Waals surface area contributed by atoms with Crippen molar-refractivity contribution < 1.29 is 27.1 Å². The van der Waals surface area contributed by atoms with Crippen LogP contribution in [-0.2, 0) is 14.8 Å². The van der Waals surface area contributed by atoms with Crippen LogP contribution in [-0.4, -0.2) is 50.2 Å². The zero-order valence-corrected chi connectivity index (χ0v) is 19.3. The first-order chi connectivity index (χ1) is 14.5. The summed E-state index contributed by atoms with van der Waals surface area (Å²) in [6.45, 7) is 8.03. The van der Waals surface area contributed by atoms with Crippen molar-refractivity contribution in [3.63, 3.8) is 0 Å². The highest BCUT2D eigenvalue weighted by Crippen LogP contribution is 2.24. The number of ether oxygens (including phenoxy) is 1. The number of benzene rings is 1. The number of urea groups is 1. The van der Waals surface area contributed by atoms with Gasteiger partial charge in [-0.2, -0.15) is 0 Å². The Balaban J connectivity index is 1.80. The third-order valence-corrected chi connectivity index (χ3v) is 6.57. The fourth-order valence-corrected chi connectivity index (χ4v) is 4.57. The molecule has 0 spiro atoms. The lowest BCUT2D eigenvalue weighted by Gasteiger charge is -2.18. The highest BCUT2D eigenvalue weighted by atomic mass is 32.2. The Hall–Kier alpha value is -2.20. The van der Waals surface area contributed by atoms with Crippen LogP contribution in [0, 0.1) is 11.7 Å². The van der Waals surface area contributed by atoms with Gasteiger partial charge in [0.25, 0.3) is 5.91 Å². The molecule has 0 bridgehead atoms. The van der Waals surface area contributed by atoms with Crippen LogP contribution in [0.5, 0.6) is 5.75 Å². The van der Waals surface area contributed by atoms with E-state index in [0.29, 0.717) is 38.0 Å². The summed E-state index contributed by atoms with van der Waals surface area (Å²) in [6, 6.07) is 2.89. The van der Waals surface area contributed by atoms with E-state index in [0.717, 1.165) is 0 Å². The first kappa shape index (κ1) is 25.1. The highest BCUT2D eigenvalue weighted by Gasteiger charge is 2.34. The van der Waals surface area contributed by atoms with Crippen LogP contribution >= 0.6 is 0 Å². The number of carbonyl (C=O) groups is 2. The Labute approximate surface area is 183 Å². The van der Waals surface area contributed by atoms with E-state index in [2.05, 4.69) is 10.0 Å². The maximum Gasteiger partial charge on any atom is 0.324 e. The van der Waals surface area contributed by atoms with Gasteiger partial charge in [-0.3, -0.25) is 10.1 Å². The standard InChI is InChI=1S/C21H32FN3O5S/c1-14(2)13-30-19-12-17(8-9-18(19)22)15(3)24-31(28,29)11-7-5-6-10-25-16(4)20(26)23-21(25)27/h8-9,12,14-16,24H,5-7,10-11,13H2,1-4H3,(H,23,26,27)/t15?,16-/m1/s1. The summed E-state index contributed by atoms with van der Waals surface area (Å²) in [5, 5.41) is 2.25. The van der Waals surface area contributed by atoms with Gasteiger partial charge in [-0.15, -0.1) is 0 Å². The van der Waals surface area contributed by atoms with Crippen molar-refractivity contribution in [2.75, 3.05) is 18.9 Å². The topological polar surface area (TPSA) is 105 Å². The average molecular weight is 458 g/mol. The maximum absolute atomic E-state index is 13.9. The Morgan fingerprint density at radius 2 is 1.90 bits per heavy atom. The van der Waals surface area contributed by atoms with Crippen LogP contribution in [0.1, 0.15) is 58.6 Å². The van der Waals surface area contributed by atoms with Crippen molar-refractivity contribution in [3.05, 3.63) is 29.6 Å². The maximum atomic E-state index is 13.9. The second kappa shape index (κ2) is 10.9. The largest absolute Gasteiger partial charge is 0.490 e. The number of sulfonamides is 1. The molecule has 31 heavy (non-hydrogen) atoms. The van der Waals surface area contributed by atoms with E-state index in [9.17, 15) is 22.4 Å². The molecular formula is C21H32FN3O5S. The van der Waals surface area contributed by atoms with Crippen molar-refractivity contribution in [3.8, 4) is 5.75 Å². The first-order valence-electron chi connectivity index (χ1n) is 10.5. The van der Waals surface area contributed by atoms with Gasteiger partial charge < -0.3 is 9.64 Å². The molecule has 1 aromatic carbocycles. The van der Waals surface area contributed by atoms with Gasteiger partial charge in [0.05, 0.1) is 12.4 Å². The van der Waals surface area contributed by atoms with E-state index in [-0.39, 0.29) is 23.3 Å². The number of rotatable bonds is 12. The third kappa shape index (κ3) is 7.46. The minimum absolute atomic E-state index is 0.0596. The Morgan fingerprint density at radius 3 is 2.52 bits per heavy atom. The molecule has 0 radical (unpaired) electrons. The van der Waals surface area contributed by atoms with E-state index in [1.807, 2.05) is 13.8 Å². The van der Waals surface area contributed by atoms with Gasteiger partial charge in [-0.25, -0.2) is 22.3 Å². The lowest BCUT2D eigenvalue weighted by molar-refractivity contribution is -0.121. The molecule has 1 aromatic rings. The predicted octanol–water partition coefficient (Wildman–Crippen LogP) is 2.95. The van der Waals surface area contributed by atoms with Crippen LogP contribution in [0.15, 0.2) is 18.2 Å². The molecule has 0 aromatic heterocycles. The Morgan fingerprint density at radius 1 is 1.19 bits per heavy atom. The summed E-state index contributed by atoms with van der Waals surface area (Å²) >= 11 is 0. The molecule has 2 rings (SSSR count). The van der Waals surface area contributed by atoms with Crippen LogP contribution in [0.4, 0.5) is 9.18 Å². The lowest BCUT2D eigenvalue weighted by atomic mass is 10.1. The number of amides is 3. The van der Waals surface area contributed by atoms with Crippen molar-refractivity contribution in [2.45, 2.75) is 59.0 Å². The molecule has 174 valence electrons. The van der Waals surface area contributed by atoms with E-state index < -0.39 is 34.0 Å². The van der Waals surface area contributed by atoms with Gasteiger partial charge in [-0.1, -0.05) is 26.3 Å². The molecule has 1 aliphatic rings. The van der Waals surface area contributed by atoms with Gasteiger partial charge >= 0.3 is 6.03 Å². The van der Waals surface area contributed by atoms with E-state index in [1.165, 1.54) is 23.1 Å². The van der Waals surface area contributed by atoms with Gasteiger partial charge in [0.15, 0.2) is 11.6 Å². The number of halogens is 1. The smallest absolute Gasteiger partial charge is 0.324 e. The van der Waals surface area contributed by atoms with Gasteiger partial charge in [-0.05, 0) is 50.3 Å². The van der Waals surface area contributed by atoms with E-state index >= 15 is 0 Å². The van der Waals surface area contributed by atoms with Crippen LogP contribution < -0.4 is 14.8 Å². The molecule has 10 heteroatoms. The number of hydrogen-bond donors (Lipinski definition) is 2. The average Bonchev–Trinajstić information content (AvgIpc) is 2.92. The summed E-state index contributed by atoms with van der Waals surface area (Å²) in [7, 11) is -3.54. The number of nitrogens with zero attached hydrogens (tertiary/aromatic N) is 1. The number of carbonyl (C=O) groups excluding carboxylic acids is 2. The molecule has 2 N–H and O–H groups in total. The second-order valence-corrected chi connectivity index (χ2v) is 10.2. The molecular weight excluding hydrogens is 425 g/mol. The summed E-state index contributed by atoms with van der Waals surface area (Å²) in [5.74, 6) is -0.513. The van der Waals surface area contributed by atoms with Crippen molar-refractivity contribution in [2.24, 2.45) is 5.92 Å². The zero-order chi connectivity index (χ0) is 23.2. The second-order valence-electron chi connectivity index (χ2n) is 8.28. The number of nitrogens with one attached hydrogen (secondary N) is 2. The van der Waals surface area contributed by atoms with E-state index in [4.69, 9.17) is 4.74 Å². The molecule has 1 fully saturated rings. The minimum Gasteiger partial charge on any atom is -0.490 e. The Bertz CT molecular complexity index is 891. The zero-order valence-electron chi connectivity index (χ0n) is 18.5. The third-order valence-electron chi connectivity index (χ3n) is 5.03. The predicted molar refractivity (Wildman–Crippen MR) is 116 cm³/mol. The van der Waals surface area contributed by atoms with Gasteiger partial charge in [0, 0.05) is 12.6 Å². The summed E-state index contributed by atoms with van der Waals surface area (Å²) in [6.07, 6.45) is 1.63. The van der Waals surface area contributed by atoms with Gasteiger partial charge in [0.1, 0.15) is 6.04 Å². The number of hydrogen-bond acceptors (Lipinski definition) is 5. The van der Waals surface area contributed by atoms with Crippen molar-refractivity contribution >= 4 is 22.0 Å². The summed E-state index contributed by atoms with van der Waals surface area (Å²) in [5.41, 5.74) is 0.613. The lowest BCUT2D eigenvalue weighted by Crippen LogP contribution is -2.33. The van der Waals surface area contributed by atoms with Gasteiger partial charge in [0.2, 0.25) is 10.0 Å². The summed E-state index contributed by atoms with van der Waals surface area (Å²) in [4.78, 5) is 24.5. The number of imide groups is 1. The van der Waals surface area contributed by atoms with E-state index in [1.54, 1.807) is 13.8 Å². The number of unbranched alkanes of at least 4 members (excludes halogenated alkanes) is 2. The van der Waals surface area contributed by atoms with Crippen LogP contribution in [0.3, 0.4) is 0 Å². The highest BCUT2D eigenvalue weighted by molar-refractivity contribution is 7.89. The SMILES string of the molecule is CC(C)COc1cc(C(C)NS(=O)(=O)CCCCCN2C(=O)NC(=O)[C@H]2C)ccc1F. The normalized spacial score (nSPS) is 17.9. The summed E-state index contributed by atoms with van der Waals surface area (Å²) < 4.78 is 46.8. The van der Waals surface area contributed by atoms with Crippen LogP contribution in [0.2, 0.25) is 0 Å². The molecule has 1 unspecified atom stereocenters. The molecule has 2 atom stereocenters. The minimum atomic E-state index is -3.54. The quantitative estimate of drug-likeness (QED) is 0.371. The molecule has 0 aliphatic carbocycles. The molecule has 8 nitrogen and oxygen atoms in total. The first-order valence-corrected chi connectivity index (χ1v) is 12.2. The van der Waals surface area contributed by atoms with Crippen molar-refractivity contribution in [1.29, 1.82) is 0 Å². The molecule has 1 heterocycles. The Kier molecular flexibility index (Phi) is 8.81. The fraction of sp³-hybridized carbons (Fsp3) is 0.619.